The summed E-state index contributed by atoms with van der Waals surface area (Å²) < 4.78 is 17.8. The molecule has 1 aliphatic heterocycles. The Morgan fingerprint density at radius 2 is 2.19 bits per heavy atom. The molecule has 1 heterocycles. The van der Waals surface area contributed by atoms with Crippen molar-refractivity contribution in [3.8, 4) is 0 Å². The molecule has 1 atom stereocenters. The van der Waals surface area contributed by atoms with Crippen LogP contribution in [0.4, 0.5) is 9.18 Å². The number of carbonyl (C=O) groups is 1. The van der Waals surface area contributed by atoms with Gasteiger partial charge in [0.05, 0.1) is 6.54 Å². The van der Waals surface area contributed by atoms with Gasteiger partial charge in [-0.15, -0.1) is 0 Å². The number of carbonyl (C=O) groups excluding carboxylic acids is 1. The van der Waals surface area contributed by atoms with Crippen molar-refractivity contribution < 1.29 is 19.0 Å². The predicted octanol–water partition coefficient (Wildman–Crippen LogP) is 1.72. The highest BCUT2D eigenvalue weighted by Gasteiger charge is 2.36. The van der Waals surface area contributed by atoms with Crippen LogP contribution in [0.25, 0.3) is 0 Å². The van der Waals surface area contributed by atoms with E-state index in [0.717, 1.165) is 0 Å². The topological polar surface area (TPSA) is 49.8 Å². The molecule has 1 N–H and O–H groups in total. The number of nitrogens with zero attached hydrogens (tertiary/aromatic N) is 1. The Hall–Kier alpha value is -0.840. The first-order valence-electron chi connectivity index (χ1n) is 5.52. The standard InChI is InChI=1S/C11H20FNO3/c1-10(2,3)16-9(14)13-6-4-5-11(15,7-12)8-13/h15H,4-8H2,1-3H3. The third-order valence-electron chi connectivity index (χ3n) is 2.46. The number of aliphatic hydroxyl groups is 1. The molecule has 0 aliphatic carbocycles. The van der Waals surface area contributed by atoms with E-state index < -0.39 is 24.0 Å². The van der Waals surface area contributed by atoms with Gasteiger partial charge in [-0.1, -0.05) is 0 Å². The molecule has 0 aromatic heterocycles. The van der Waals surface area contributed by atoms with E-state index in [1.807, 2.05) is 0 Å². The zero-order valence-corrected chi connectivity index (χ0v) is 10.1. The van der Waals surface area contributed by atoms with Gasteiger partial charge in [-0.2, -0.15) is 0 Å². The smallest absolute Gasteiger partial charge is 0.410 e. The molecule has 0 radical (unpaired) electrons. The van der Waals surface area contributed by atoms with E-state index in [2.05, 4.69) is 0 Å². The fourth-order valence-corrected chi connectivity index (χ4v) is 1.70. The zero-order valence-electron chi connectivity index (χ0n) is 10.1. The second-order valence-electron chi connectivity index (χ2n) is 5.36. The number of amides is 1. The van der Waals surface area contributed by atoms with Crippen molar-refractivity contribution in [2.24, 2.45) is 0 Å². The minimum absolute atomic E-state index is 0.0123. The highest BCUT2D eigenvalue weighted by molar-refractivity contribution is 5.68. The molecule has 0 bridgehead atoms. The van der Waals surface area contributed by atoms with E-state index >= 15 is 0 Å². The summed E-state index contributed by atoms with van der Waals surface area (Å²) >= 11 is 0. The van der Waals surface area contributed by atoms with E-state index in [0.29, 0.717) is 19.4 Å². The van der Waals surface area contributed by atoms with Gasteiger partial charge in [0.15, 0.2) is 0 Å². The third kappa shape index (κ3) is 3.63. The van der Waals surface area contributed by atoms with Gasteiger partial charge >= 0.3 is 6.09 Å². The molecule has 1 saturated heterocycles. The Labute approximate surface area is 95.4 Å². The van der Waals surface area contributed by atoms with Gasteiger partial charge in [-0.05, 0) is 33.6 Å². The van der Waals surface area contributed by atoms with Crippen LogP contribution in [-0.4, -0.2) is 47.1 Å². The van der Waals surface area contributed by atoms with Gasteiger partial charge < -0.3 is 14.7 Å². The maximum absolute atomic E-state index is 12.6. The molecule has 1 unspecified atom stereocenters. The summed E-state index contributed by atoms with van der Waals surface area (Å²) in [5.74, 6) is 0. The molecule has 4 nitrogen and oxygen atoms in total. The maximum Gasteiger partial charge on any atom is 0.410 e. The van der Waals surface area contributed by atoms with Crippen LogP contribution >= 0.6 is 0 Å². The molecule has 1 fully saturated rings. The summed E-state index contributed by atoms with van der Waals surface area (Å²) in [4.78, 5) is 13.1. The molecule has 94 valence electrons. The van der Waals surface area contributed by atoms with E-state index in [1.54, 1.807) is 20.8 Å². The van der Waals surface area contributed by atoms with Gasteiger partial charge in [0, 0.05) is 6.54 Å². The summed E-state index contributed by atoms with van der Waals surface area (Å²) in [6.45, 7) is 5.02. The fourth-order valence-electron chi connectivity index (χ4n) is 1.70. The predicted molar refractivity (Wildman–Crippen MR) is 58.0 cm³/mol. The second kappa shape index (κ2) is 4.57. The van der Waals surface area contributed by atoms with Gasteiger partial charge in [0.1, 0.15) is 17.9 Å². The summed E-state index contributed by atoms with van der Waals surface area (Å²) in [6.07, 6.45) is 0.502. The highest BCUT2D eigenvalue weighted by atomic mass is 19.1. The van der Waals surface area contributed by atoms with Crippen LogP contribution in [-0.2, 0) is 4.74 Å². The van der Waals surface area contributed by atoms with Crippen molar-refractivity contribution >= 4 is 6.09 Å². The van der Waals surface area contributed by atoms with Crippen molar-refractivity contribution in [1.82, 2.24) is 4.90 Å². The minimum atomic E-state index is -1.39. The fraction of sp³-hybridized carbons (Fsp3) is 0.909. The molecular weight excluding hydrogens is 213 g/mol. The van der Waals surface area contributed by atoms with Crippen LogP contribution in [0.15, 0.2) is 0 Å². The van der Waals surface area contributed by atoms with Crippen LogP contribution in [0.5, 0.6) is 0 Å². The van der Waals surface area contributed by atoms with Crippen LogP contribution < -0.4 is 0 Å². The Balaban J connectivity index is 2.57. The summed E-state index contributed by atoms with van der Waals surface area (Å²) in [7, 11) is 0. The zero-order chi connectivity index (χ0) is 12.4. The number of piperidine rings is 1. The Morgan fingerprint density at radius 1 is 1.56 bits per heavy atom. The lowest BCUT2D eigenvalue weighted by molar-refractivity contribution is -0.0543. The van der Waals surface area contributed by atoms with E-state index in [1.165, 1.54) is 4.90 Å². The van der Waals surface area contributed by atoms with Crippen molar-refractivity contribution in [2.75, 3.05) is 19.8 Å². The number of hydrogen-bond acceptors (Lipinski definition) is 3. The van der Waals surface area contributed by atoms with Gasteiger partial charge in [-0.25, -0.2) is 9.18 Å². The van der Waals surface area contributed by atoms with E-state index in [4.69, 9.17) is 4.74 Å². The normalized spacial score (nSPS) is 26.7. The molecule has 0 aromatic carbocycles. The SMILES string of the molecule is CC(C)(C)OC(=O)N1CCCC(O)(CF)C1. The number of likely N-dealkylation sites (tertiary alicyclic amines) is 1. The van der Waals surface area contributed by atoms with E-state index in [9.17, 15) is 14.3 Å². The lowest BCUT2D eigenvalue weighted by Gasteiger charge is -2.38. The van der Waals surface area contributed by atoms with Crippen LogP contribution in [0, 0.1) is 0 Å². The number of hydrogen-bond donors (Lipinski definition) is 1. The van der Waals surface area contributed by atoms with Crippen LogP contribution in [0.3, 0.4) is 0 Å². The third-order valence-corrected chi connectivity index (χ3v) is 2.46. The van der Waals surface area contributed by atoms with Gasteiger partial charge in [0.2, 0.25) is 0 Å². The van der Waals surface area contributed by atoms with Crippen LogP contribution in [0.1, 0.15) is 33.6 Å². The van der Waals surface area contributed by atoms with Gasteiger partial charge in [0.25, 0.3) is 0 Å². The van der Waals surface area contributed by atoms with Crippen LogP contribution in [0.2, 0.25) is 0 Å². The lowest BCUT2D eigenvalue weighted by atomic mass is 9.95. The molecule has 1 aliphatic rings. The average molecular weight is 233 g/mol. The van der Waals surface area contributed by atoms with Crippen molar-refractivity contribution in [3.63, 3.8) is 0 Å². The Morgan fingerprint density at radius 3 is 2.69 bits per heavy atom. The number of halogens is 1. The summed E-state index contributed by atoms with van der Waals surface area (Å²) in [6, 6.07) is 0. The molecule has 1 amide bonds. The molecule has 1 rings (SSSR count). The van der Waals surface area contributed by atoms with Gasteiger partial charge in [-0.3, -0.25) is 0 Å². The largest absolute Gasteiger partial charge is 0.444 e. The van der Waals surface area contributed by atoms with Crippen molar-refractivity contribution in [3.05, 3.63) is 0 Å². The average Bonchev–Trinajstić information content (AvgIpc) is 2.15. The number of alkyl halides is 1. The molecule has 0 spiro atoms. The Bertz CT molecular complexity index is 264. The number of rotatable bonds is 1. The molecule has 5 heteroatoms. The molecule has 16 heavy (non-hydrogen) atoms. The van der Waals surface area contributed by atoms with E-state index in [-0.39, 0.29) is 6.54 Å². The monoisotopic (exact) mass is 233 g/mol. The summed E-state index contributed by atoms with van der Waals surface area (Å²) in [5, 5.41) is 9.77. The quantitative estimate of drug-likeness (QED) is 0.750. The molecule has 0 saturated carbocycles. The number of ether oxygens (including phenoxy) is 1. The molecule has 0 aromatic rings. The Kier molecular flexibility index (Phi) is 3.78. The minimum Gasteiger partial charge on any atom is -0.444 e. The maximum atomic E-state index is 12.6. The first-order chi connectivity index (χ1) is 7.26. The first-order valence-corrected chi connectivity index (χ1v) is 5.52. The summed E-state index contributed by atoms with van der Waals surface area (Å²) in [5.41, 5.74) is -1.96. The lowest BCUT2D eigenvalue weighted by Crippen LogP contribution is -2.52. The highest BCUT2D eigenvalue weighted by Crippen LogP contribution is 2.23. The van der Waals surface area contributed by atoms with Crippen molar-refractivity contribution in [2.45, 2.75) is 44.8 Å². The second-order valence-corrected chi connectivity index (χ2v) is 5.36. The first kappa shape index (κ1) is 13.2. The molecular formula is C11H20FNO3. The van der Waals surface area contributed by atoms with Crippen molar-refractivity contribution in [1.29, 1.82) is 0 Å². The number of β-amino-alcohol motifs (C(OH)–C–C–N with tert-alkyl or cyclic N) is 1.